The average Bonchev–Trinajstić information content (AvgIpc) is 2.98. The number of rotatable bonds is 4. The number of carbonyl (C=O) groups is 2. The number of nitrogens with one attached hydrogen (secondary N) is 2. The summed E-state index contributed by atoms with van der Waals surface area (Å²) in [5.41, 5.74) is 1.57. The first-order chi connectivity index (χ1) is 13.1. The van der Waals surface area contributed by atoms with Crippen molar-refractivity contribution in [2.45, 2.75) is 38.9 Å². The van der Waals surface area contributed by atoms with E-state index in [-0.39, 0.29) is 17.6 Å². The Morgan fingerprint density at radius 1 is 1.22 bits per heavy atom. The molecule has 2 heterocycles. The second-order valence-corrected chi connectivity index (χ2v) is 7.01. The molecule has 2 fully saturated rings. The second-order valence-electron chi connectivity index (χ2n) is 7.01. The van der Waals surface area contributed by atoms with Crippen molar-refractivity contribution >= 4 is 11.9 Å². The molecule has 0 unspecified atom stereocenters. The van der Waals surface area contributed by atoms with Gasteiger partial charge in [0.1, 0.15) is 0 Å². The highest BCUT2D eigenvalue weighted by molar-refractivity contribution is 5.82. The Hall–Kier alpha value is -2.60. The third-order valence-corrected chi connectivity index (χ3v) is 5.36. The van der Waals surface area contributed by atoms with E-state index in [0.29, 0.717) is 26.2 Å². The second kappa shape index (κ2) is 8.39. The molecule has 0 radical (unpaired) electrons. The van der Waals surface area contributed by atoms with Crippen LogP contribution in [0.2, 0.25) is 0 Å². The summed E-state index contributed by atoms with van der Waals surface area (Å²) < 4.78 is 0. The van der Waals surface area contributed by atoms with Crippen LogP contribution in [0.25, 0.3) is 0 Å². The Balaban J connectivity index is 1.64. The number of likely N-dealkylation sites (tertiary alicyclic amines) is 1. The fraction of sp³-hybridized carbons (Fsp3) is 0.429. The molecular formula is C21H28N4O2. The summed E-state index contributed by atoms with van der Waals surface area (Å²) in [5.74, 6) is 0.126. The van der Waals surface area contributed by atoms with E-state index >= 15 is 0 Å². The lowest BCUT2D eigenvalue weighted by Gasteiger charge is -2.44. The first-order valence-electron chi connectivity index (χ1n) is 9.52. The van der Waals surface area contributed by atoms with Gasteiger partial charge in [0.25, 0.3) is 0 Å². The number of carbonyl (C=O) groups excluding carboxylic acids is 2. The third-order valence-electron chi connectivity index (χ3n) is 5.36. The van der Waals surface area contributed by atoms with Gasteiger partial charge in [0.05, 0.1) is 12.2 Å². The molecule has 6 nitrogen and oxygen atoms in total. The summed E-state index contributed by atoms with van der Waals surface area (Å²) in [5, 5.41) is 6.36. The van der Waals surface area contributed by atoms with Crippen molar-refractivity contribution < 1.29 is 9.59 Å². The fourth-order valence-corrected chi connectivity index (χ4v) is 3.79. The van der Waals surface area contributed by atoms with Crippen LogP contribution in [0.5, 0.6) is 0 Å². The highest BCUT2D eigenvalue weighted by atomic mass is 16.2. The molecule has 0 atom stereocenters. The summed E-state index contributed by atoms with van der Waals surface area (Å²) in [4.78, 5) is 28.8. The number of benzene rings is 1. The maximum Gasteiger partial charge on any atom is 0.321 e. The summed E-state index contributed by atoms with van der Waals surface area (Å²) in [6.07, 6.45) is 7.11. The van der Waals surface area contributed by atoms with Crippen LogP contribution < -0.4 is 10.6 Å². The predicted molar refractivity (Wildman–Crippen MR) is 106 cm³/mol. The molecular weight excluding hydrogens is 340 g/mol. The molecule has 0 aliphatic carbocycles. The van der Waals surface area contributed by atoms with Crippen molar-refractivity contribution in [1.29, 1.82) is 0 Å². The van der Waals surface area contributed by atoms with Crippen LogP contribution in [0.15, 0.2) is 54.3 Å². The van der Waals surface area contributed by atoms with E-state index in [1.165, 1.54) is 0 Å². The van der Waals surface area contributed by atoms with Gasteiger partial charge in [0, 0.05) is 38.2 Å². The predicted octanol–water partition coefficient (Wildman–Crippen LogP) is 2.60. The number of hydrogen-bond acceptors (Lipinski definition) is 3. The zero-order valence-corrected chi connectivity index (χ0v) is 16.1. The Morgan fingerprint density at radius 3 is 2.56 bits per heavy atom. The summed E-state index contributed by atoms with van der Waals surface area (Å²) in [6.45, 7) is 6.02. The molecule has 0 saturated carbocycles. The van der Waals surface area contributed by atoms with Gasteiger partial charge in [-0.15, -0.1) is 0 Å². The van der Waals surface area contributed by atoms with Gasteiger partial charge in [-0.25, -0.2) is 4.79 Å². The number of piperidine rings is 1. The van der Waals surface area contributed by atoms with Gasteiger partial charge in [-0.3, -0.25) is 10.1 Å². The molecule has 2 aliphatic rings. The SMILES string of the molecule is C/C=C\C(=C/C)NC(=O)N1CCC2(CC1)NCC(=O)N2Cc1ccccc1. The van der Waals surface area contributed by atoms with Gasteiger partial charge in [0.15, 0.2) is 0 Å². The molecule has 3 rings (SSSR count). The van der Waals surface area contributed by atoms with Gasteiger partial charge >= 0.3 is 6.03 Å². The zero-order chi connectivity index (χ0) is 19.3. The number of amides is 3. The third kappa shape index (κ3) is 4.22. The van der Waals surface area contributed by atoms with E-state index in [4.69, 9.17) is 0 Å². The Morgan fingerprint density at radius 2 is 1.93 bits per heavy atom. The molecule has 6 heteroatoms. The van der Waals surface area contributed by atoms with E-state index in [0.717, 1.165) is 24.1 Å². The first-order valence-corrected chi connectivity index (χ1v) is 9.52. The first kappa shape index (κ1) is 19.2. The van der Waals surface area contributed by atoms with Gasteiger partial charge in [-0.05, 0) is 25.5 Å². The van der Waals surface area contributed by atoms with E-state index < -0.39 is 0 Å². The maximum atomic E-state index is 12.5. The lowest BCUT2D eigenvalue weighted by Crippen LogP contribution is -2.59. The van der Waals surface area contributed by atoms with E-state index in [1.807, 2.05) is 72.2 Å². The minimum atomic E-state index is -0.351. The van der Waals surface area contributed by atoms with Crippen LogP contribution in [0.4, 0.5) is 4.79 Å². The van der Waals surface area contributed by atoms with Crippen LogP contribution in [-0.4, -0.2) is 47.0 Å². The Bertz CT molecular complexity index is 734. The molecule has 27 heavy (non-hydrogen) atoms. The van der Waals surface area contributed by atoms with Crippen LogP contribution in [-0.2, 0) is 11.3 Å². The minimum absolute atomic E-state index is 0.0880. The molecule has 0 bridgehead atoms. The van der Waals surface area contributed by atoms with Crippen molar-refractivity contribution in [2.75, 3.05) is 19.6 Å². The van der Waals surface area contributed by atoms with Crippen LogP contribution in [0.1, 0.15) is 32.3 Å². The van der Waals surface area contributed by atoms with Gasteiger partial charge in [-0.1, -0.05) is 42.5 Å². The highest BCUT2D eigenvalue weighted by Crippen LogP contribution is 2.31. The quantitative estimate of drug-likeness (QED) is 0.803. The Labute approximate surface area is 160 Å². The van der Waals surface area contributed by atoms with Gasteiger partial charge in [-0.2, -0.15) is 0 Å². The lowest BCUT2D eigenvalue weighted by atomic mass is 9.95. The lowest BCUT2D eigenvalue weighted by molar-refractivity contribution is -0.132. The molecule has 3 amide bonds. The van der Waals surface area contributed by atoms with E-state index in [9.17, 15) is 9.59 Å². The molecule has 144 valence electrons. The summed E-state index contributed by atoms with van der Waals surface area (Å²) >= 11 is 0. The van der Waals surface area contributed by atoms with Crippen molar-refractivity contribution in [2.24, 2.45) is 0 Å². The van der Waals surface area contributed by atoms with Crippen molar-refractivity contribution in [3.63, 3.8) is 0 Å². The molecule has 2 aliphatic heterocycles. The maximum absolute atomic E-state index is 12.5. The number of nitrogens with zero attached hydrogens (tertiary/aromatic N) is 2. The highest BCUT2D eigenvalue weighted by Gasteiger charge is 2.47. The smallest absolute Gasteiger partial charge is 0.321 e. The molecule has 0 aromatic heterocycles. The summed E-state index contributed by atoms with van der Waals surface area (Å²) in [7, 11) is 0. The topological polar surface area (TPSA) is 64.7 Å². The Kier molecular flexibility index (Phi) is 5.96. The number of allylic oxidation sites excluding steroid dienone is 3. The van der Waals surface area contributed by atoms with Crippen LogP contribution in [0.3, 0.4) is 0 Å². The summed E-state index contributed by atoms with van der Waals surface area (Å²) in [6, 6.07) is 9.96. The minimum Gasteiger partial charge on any atom is -0.324 e. The van der Waals surface area contributed by atoms with Crippen LogP contribution >= 0.6 is 0 Å². The molecule has 2 N–H and O–H groups in total. The number of hydrogen-bond donors (Lipinski definition) is 2. The molecule has 2 saturated heterocycles. The number of urea groups is 1. The largest absolute Gasteiger partial charge is 0.324 e. The molecule has 1 aromatic carbocycles. The van der Waals surface area contributed by atoms with Crippen molar-refractivity contribution in [3.05, 3.63) is 59.8 Å². The zero-order valence-electron chi connectivity index (χ0n) is 16.1. The average molecular weight is 368 g/mol. The molecule has 1 spiro atoms. The normalized spacial score (nSPS) is 19.9. The van der Waals surface area contributed by atoms with E-state index in [2.05, 4.69) is 10.6 Å². The van der Waals surface area contributed by atoms with Crippen LogP contribution in [0, 0.1) is 0 Å². The monoisotopic (exact) mass is 368 g/mol. The fourth-order valence-electron chi connectivity index (χ4n) is 3.79. The van der Waals surface area contributed by atoms with Crippen molar-refractivity contribution in [3.8, 4) is 0 Å². The van der Waals surface area contributed by atoms with E-state index in [1.54, 1.807) is 0 Å². The van der Waals surface area contributed by atoms with Gasteiger partial charge in [0.2, 0.25) is 5.91 Å². The van der Waals surface area contributed by atoms with Gasteiger partial charge < -0.3 is 15.1 Å². The standard InChI is InChI=1S/C21H28N4O2/c1-3-8-18(4-2)23-20(27)24-13-11-21(12-14-24)22-15-19(26)25(21)16-17-9-6-5-7-10-17/h3-10,22H,11-16H2,1-2H3,(H,23,27)/b8-3-,18-4+. The van der Waals surface area contributed by atoms with Crippen molar-refractivity contribution in [1.82, 2.24) is 20.4 Å². The molecule has 1 aromatic rings.